The Bertz CT molecular complexity index is 580. The molecule has 1 aromatic heterocycles. The van der Waals surface area contributed by atoms with Crippen LogP contribution in [0.2, 0.25) is 0 Å². The zero-order valence-corrected chi connectivity index (χ0v) is 13.8. The van der Waals surface area contributed by atoms with Crippen LogP contribution in [-0.2, 0) is 18.1 Å². The van der Waals surface area contributed by atoms with Crippen molar-refractivity contribution in [1.29, 1.82) is 0 Å². The minimum Gasteiger partial charge on any atom is -0.768 e. The molecular weight excluding hydrogens is 261 g/mol. The Labute approximate surface area is 131 Å². The van der Waals surface area contributed by atoms with Crippen LogP contribution in [0, 0.1) is 0 Å². The number of ether oxygens (including phenoxy) is 1. The van der Waals surface area contributed by atoms with Crippen LogP contribution in [0.15, 0.2) is 29.3 Å². The van der Waals surface area contributed by atoms with Crippen molar-refractivity contribution in [1.82, 2.24) is 4.57 Å². The standard InChI is InChI=1S/C12H15NO3S.Na/c1-8(2)16-10-6-4-5-9-12(10)11(17(14)15)7-13(9)3;/h4-8H,1-3H3,(H,14,15);/q;+1/p-1. The zero-order chi connectivity index (χ0) is 12.6. The molecule has 2 rings (SSSR count). The van der Waals surface area contributed by atoms with Gasteiger partial charge in [-0.3, -0.25) is 4.21 Å². The van der Waals surface area contributed by atoms with Crippen molar-refractivity contribution in [2.75, 3.05) is 0 Å². The normalized spacial score (nSPS) is 12.5. The largest absolute Gasteiger partial charge is 1.00 e. The SMILES string of the molecule is CC(C)Oc1cccc2c1c(S(=O)[O-])cn2C.[Na+]. The molecule has 1 unspecified atom stereocenters. The van der Waals surface area contributed by atoms with Crippen LogP contribution in [0.4, 0.5) is 0 Å². The summed E-state index contributed by atoms with van der Waals surface area (Å²) in [6, 6.07) is 5.52. The topological polar surface area (TPSA) is 54.3 Å². The van der Waals surface area contributed by atoms with Gasteiger partial charge < -0.3 is 13.9 Å². The fourth-order valence-electron chi connectivity index (χ4n) is 1.85. The van der Waals surface area contributed by atoms with Gasteiger partial charge in [-0.1, -0.05) is 6.07 Å². The molecular formula is C12H14NNaO3S. The van der Waals surface area contributed by atoms with Crippen LogP contribution in [0.1, 0.15) is 13.8 Å². The summed E-state index contributed by atoms with van der Waals surface area (Å²) >= 11 is -2.26. The molecule has 1 heterocycles. The smallest absolute Gasteiger partial charge is 0.768 e. The summed E-state index contributed by atoms with van der Waals surface area (Å²) in [6.07, 6.45) is 1.61. The van der Waals surface area contributed by atoms with Crippen molar-refractivity contribution < 1.29 is 43.1 Å². The Hall–Kier alpha value is -0.330. The van der Waals surface area contributed by atoms with Crippen molar-refractivity contribution in [3.8, 4) is 5.75 Å². The molecule has 6 heteroatoms. The van der Waals surface area contributed by atoms with Crippen molar-refractivity contribution in [2.45, 2.75) is 24.8 Å². The molecule has 0 N–H and O–H groups in total. The van der Waals surface area contributed by atoms with E-state index in [0.29, 0.717) is 11.1 Å². The fourth-order valence-corrected chi connectivity index (χ4v) is 2.47. The Kier molecular flexibility index (Phi) is 5.43. The summed E-state index contributed by atoms with van der Waals surface area (Å²) < 4.78 is 29.8. The van der Waals surface area contributed by atoms with Crippen LogP contribution in [0.25, 0.3) is 10.9 Å². The van der Waals surface area contributed by atoms with Gasteiger partial charge in [-0.05, 0) is 37.1 Å². The van der Waals surface area contributed by atoms with Gasteiger partial charge in [0.25, 0.3) is 0 Å². The third-order valence-electron chi connectivity index (χ3n) is 2.48. The molecule has 0 saturated heterocycles. The molecule has 0 aliphatic heterocycles. The number of benzene rings is 1. The van der Waals surface area contributed by atoms with E-state index in [0.717, 1.165) is 5.52 Å². The summed E-state index contributed by atoms with van der Waals surface area (Å²) in [4.78, 5) is 0.277. The van der Waals surface area contributed by atoms with Gasteiger partial charge >= 0.3 is 29.6 Å². The Morgan fingerprint density at radius 2 is 2.06 bits per heavy atom. The number of rotatable bonds is 3. The summed E-state index contributed by atoms with van der Waals surface area (Å²) in [7, 11) is 1.82. The summed E-state index contributed by atoms with van der Waals surface area (Å²) in [5.74, 6) is 0.609. The van der Waals surface area contributed by atoms with Crippen molar-refractivity contribution >= 4 is 22.0 Å². The first-order valence-corrected chi connectivity index (χ1v) is 6.42. The van der Waals surface area contributed by atoms with Crippen LogP contribution in [0.3, 0.4) is 0 Å². The first-order chi connectivity index (χ1) is 8.00. The average Bonchev–Trinajstić information content (AvgIpc) is 2.57. The maximum absolute atomic E-state index is 11.2. The van der Waals surface area contributed by atoms with Gasteiger partial charge in [-0.2, -0.15) is 0 Å². The third-order valence-corrected chi connectivity index (χ3v) is 3.15. The van der Waals surface area contributed by atoms with E-state index in [1.165, 1.54) is 0 Å². The molecule has 0 aliphatic carbocycles. The first kappa shape index (κ1) is 15.7. The summed E-state index contributed by atoms with van der Waals surface area (Å²) in [5, 5.41) is 0.650. The van der Waals surface area contributed by atoms with Crippen molar-refractivity contribution in [2.24, 2.45) is 7.05 Å². The van der Waals surface area contributed by atoms with Crippen LogP contribution < -0.4 is 34.3 Å². The quantitative estimate of drug-likeness (QED) is 0.545. The number of hydrogen-bond acceptors (Lipinski definition) is 3. The molecule has 2 aromatic rings. The van der Waals surface area contributed by atoms with E-state index in [-0.39, 0.29) is 40.6 Å². The number of aryl methyl sites for hydroxylation is 1. The fraction of sp³-hybridized carbons (Fsp3) is 0.333. The Morgan fingerprint density at radius 3 is 2.61 bits per heavy atom. The second kappa shape index (κ2) is 6.21. The summed E-state index contributed by atoms with van der Waals surface area (Å²) in [5.41, 5.74) is 0.849. The number of hydrogen-bond donors (Lipinski definition) is 0. The molecule has 1 aromatic carbocycles. The van der Waals surface area contributed by atoms with Crippen molar-refractivity contribution in [3.63, 3.8) is 0 Å². The molecule has 0 spiro atoms. The molecule has 92 valence electrons. The minimum atomic E-state index is -2.26. The number of nitrogens with zero attached hydrogens (tertiary/aromatic N) is 1. The van der Waals surface area contributed by atoms with E-state index >= 15 is 0 Å². The monoisotopic (exact) mass is 275 g/mol. The molecule has 0 radical (unpaired) electrons. The van der Waals surface area contributed by atoms with Gasteiger partial charge in [0.15, 0.2) is 0 Å². The van der Waals surface area contributed by atoms with Gasteiger partial charge in [0.2, 0.25) is 0 Å². The number of aromatic nitrogens is 1. The van der Waals surface area contributed by atoms with E-state index in [1.807, 2.05) is 33.0 Å². The van der Waals surface area contributed by atoms with Gasteiger partial charge in [-0.15, -0.1) is 0 Å². The predicted octanol–water partition coefficient (Wildman–Crippen LogP) is -0.792. The second-order valence-electron chi connectivity index (χ2n) is 4.16. The first-order valence-electron chi connectivity index (χ1n) is 5.34. The van der Waals surface area contributed by atoms with E-state index in [4.69, 9.17) is 4.74 Å². The minimum absolute atomic E-state index is 0. The molecule has 18 heavy (non-hydrogen) atoms. The van der Waals surface area contributed by atoms with E-state index in [1.54, 1.807) is 16.8 Å². The maximum atomic E-state index is 11.2. The van der Waals surface area contributed by atoms with E-state index < -0.39 is 11.1 Å². The van der Waals surface area contributed by atoms with E-state index in [2.05, 4.69) is 0 Å². The van der Waals surface area contributed by atoms with Gasteiger partial charge in [0, 0.05) is 13.2 Å². The Balaban J connectivity index is 0.00000162. The van der Waals surface area contributed by atoms with Gasteiger partial charge in [0.1, 0.15) is 5.75 Å². The third kappa shape index (κ3) is 2.97. The van der Waals surface area contributed by atoms with Crippen LogP contribution >= 0.6 is 0 Å². The summed E-state index contributed by atoms with van der Waals surface area (Å²) in [6.45, 7) is 3.82. The molecule has 4 nitrogen and oxygen atoms in total. The maximum Gasteiger partial charge on any atom is 1.00 e. The van der Waals surface area contributed by atoms with E-state index in [9.17, 15) is 8.76 Å². The molecule has 0 fully saturated rings. The zero-order valence-electron chi connectivity index (χ0n) is 11.0. The molecule has 0 aliphatic rings. The van der Waals surface area contributed by atoms with Crippen LogP contribution in [0.5, 0.6) is 5.75 Å². The second-order valence-corrected chi connectivity index (χ2v) is 5.07. The van der Waals surface area contributed by atoms with Gasteiger partial charge in [0.05, 0.1) is 21.9 Å². The number of fused-ring (bicyclic) bond motifs is 1. The van der Waals surface area contributed by atoms with Crippen molar-refractivity contribution in [3.05, 3.63) is 24.4 Å². The average molecular weight is 275 g/mol. The van der Waals surface area contributed by atoms with Crippen LogP contribution in [-0.4, -0.2) is 19.4 Å². The van der Waals surface area contributed by atoms with Gasteiger partial charge in [-0.25, -0.2) is 0 Å². The Morgan fingerprint density at radius 1 is 1.39 bits per heavy atom. The molecule has 0 bridgehead atoms. The molecule has 0 saturated carbocycles. The molecule has 1 atom stereocenters. The predicted molar refractivity (Wildman–Crippen MR) is 65.9 cm³/mol. The molecule has 0 amide bonds.